The van der Waals surface area contributed by atoms with Crippen molar-refractivity contribution in [3.8, 4) is 0 Å². The number of likely N-dealkylation sites (tertiary alicyclic amines) is 1. The van der Waals surface area contributed by atoms with Crippen LogP contribution in [-0.2, 0) is 0 Å². The van der Waals surface area contributed by atoms with Crippen LogP contribution in [0.5, 0.6) is 0 Å². The monoisotopic (exact) mass is 225 g/mol. The topological polar surface area (TPSA) is 41.6 Å². The largest absolute Gasteiger partial charge is 0.370 e. The Balaban J connectivity index is 2.26. The molecule has 1 atom stereocenters. The molecule has 16 heavy (non-hydrogen) atoms. The van der Waals surface area contributed by atoms with Gasteiger partial charge in [0, 0.05) is 19.6 Å². The summed E-state index contributed by atoms with van der Waals surface area (Å²) in [5.74, 6) is 2.29. The lowest BCUT2D eigenvalue weighted by Crippen LogP contribution is -2.43. The number of nitrogens with zero attached hydrogens (tertiary/aromatic N) is 2. The van der Waals surface area contributed by atoms with Gasteiger partial charge in [0.25, 0.3) is 0 Å². The maximum Gasteiger partial charge on any atom is 0.191 e. The summed E-state index contributed by atoms with van der Waals surface area (Å²) in [6.07, 6.45) is 4.98. The molecule has 1 saturated heterocycles. The number of guanidine groups is 1. The minimum absolute atomic E-state index is 0.760. The first-order chi connectivity index (χ1) is 7.59. The van der Waals surface area contributed by atoms with Crippen LogP contribution in [0.15, 0.2) is 4.99 Å². The first-order valence-corrected chi connectivity index (χ1v) is 6.64. The van der Waals surface area contributed by atoms with Crippen LogP contribution in [0, 0.1) is 11.8 Å². The molecule has 1 aliphatic heterocycles. The summed E-state index contributed by atoms with van der Waals surface area (Å²) < 4.78 is 0. The predicted octanol–water partition coefficient (Wildman–Crippen LogP) is 2.47. The van der Waals surface area contributed by atoms with Crippen LogP contribution in [0.1, 0.15) is 46.5 Å². The van der Waals surface area contributed by atoms with E-state index >= 15 is 0 Å². The van der Waals surface area contributed by atoms with Gasteiger partial charge in [-0.3, -0.25) is 4.99 Å². The number of hydrogen-bond acceptors (Lipinski definition) is 1. The highest BCUT2D eigenvalue weighted by Gasteiger charge is 2.17. The average molecular weight is 225 g/mol. The molecule has 1 unspecified atom stereocenters. The molecule has 0 bridgehead atoms. The molecule has 0 aromatic carbocycles. The van der Waals surface area contributed by atoms with Crippen molar-refractivity contribution in [1.29, 1.82) is 0 Å². The second-order valence-corrected chi connectivity index (χ2v) is 5.47. The van der Waals surface area contributed by atoms with Crippen LogP contribution >= 0.6 is 0 Å². The highest BCUT2D eigenvalue weighted by molar-refractivity contribution is 5.78. The van der Waals surface area contributed by atoms with Gasteiger partial charge in [0.2, 0.25) is 0 Å². The predicted molar refractivity (Wildman–Crippen MR) is 70.5 cm³/mol. The van der Waals surface area contributed by atoms with E-state index in [0.717, 1.165) is 43.9 Å². The van der Waals surface area contributed by atoms with Crippen molar-refractivity contribution < 1.29 is 0 Å². The summed E-state index contributed by atoms with van der Waals surface area (Å²) >= 11 is 0. The van der Waals surface area contributed by atoms with Crippen LogP contribution in [-0.4, -0.2) is 30.5 Å². The normalized spacial score (nSPS) is 22.9. The van der Waals surface area contributed by atoms with E-state index in [4.69, 9.17) is 5.73 Å². The van der Waals surface area contributed by atoms with Gasteiger partial charge in [-0.1, -0.05) is 20.8 Å². The van der Waals surface area contributed by atoms with Crippen molar-refractivity contribution >= 4 is 5.96 Å². The minimum atomic E-state index is 0.760. The van der Waals surface area contributed by atoms with Gasteiger partial charge in [-0.2, -0.15) is 0 Å². The van der Waals surface area contributed by atoms with E-state index in [9.17, 15) is 0 Å². The van der Waals surface area contributed by atoms with Crippen molar-refractivity contribution in [2.24, 2.45) is 22.6 Å². The first kappa shape index (κ1) is 13.3. The summed E-state index contributed by atoms with van der Waals surface area (Å²) in [4.78, 5) is 6.71. The third kappa shape index (κ3) is 4.86. The van der Waals surface area contributed by atoms with Gasteiger partial charge in [-0.25, -0.2) is 0 Å². The van der Waals surface area contributed by atoms with Crippen molar-refractivity contribution in [2.75, 3.05) is 19.6 Å². The van der Waals surface area contributed by atoms with E-state index in [1.54, 1.807) is 0 Å². The highest BCUT2D eigenvalue weighted by Crippen LogP contribution is 2.14. The standard InChI is InChI=1S/C13H27N3/c1-11(2)6-4-8-15-13(14)16-9-5-7-12(3)10-16/h11-12H,4-10H2,1-3H3,(H2,14,15). The van der Waals surface area contributed by atoms with Crippen LogP contribution in [0.2, 0.25) is 0 Å². The summed E-state index contributed by atoms with van der Waals surface area (Å²) in [5, 5.41) is 0. The van der Waals surface area contributed by atoms with Crippen LogP contribution in [0.25, 0.3) is 0 Å². The van der Waals surface area contributed by atoms with Gasteiger partial charge in [0.05, 0.1) is 0 Å². The van der Waals surface area contributed by atoms with Crippen molar-refractivity contribution in [3.63, 3.8) is 0 Å². The Kier molecular flexibility index (Phi) is 5.64. The second-order valence-electron chi connectivity index (χ2n) is 5.47. The molecule has 0 aromatic rings. The Morgan fingerprint density at radius 3 is 2.88 bits per heavy atom. The molecule has 3 heteroatoms. The van der Waals surface area contributed by atoms with Gasteiger partial charge >= 0.3 is 0 Å². The molecule has 0 amide bonds. The van der Waals surface area contributed by atoms with E-state index < -0.39 is 0 Å². The summed E-state index contributed by atoms with van der Waals surface area (Å²) in [6, 6.07) is 0. The smallest absolute Gasteiger partial charge is 0.191 e. The number of aliphatic imine (C=N–C) groups is 1. The van der Waals surface area contributed by atoms with Gasteiger partial charge in [0.15, 0.2) is 5.96 Å². The van der Waals surface area contributed by atoms with E-state index in [1.165, 1.54) is 19.3 Å². The third-order valence-electron chi connectivity index (χ3n) is 3.19. The average Bonchev–Trinajstić information content (AvgIpc) is 2.24. The second kappa shape index (κ2) is 6.77. The zero-order chi connectivity index (χ0) is 12.0. The molecule has 1 fully saturated rings. The molecule has 1 rings (SSSR count). The van der Waals surface area contributed by atoms with Crippen LogP contribution in [0.4, 0.5) is 0 Å². The van der Waals surface area contributed by atoms with Crippen LogP contribution in [0.3, 0.4) is 0 Å². The van der Waals surface area contributed by atoms with Crippen molar-refractivity contribution in [2.45, 2.75) is 46.5 Å². The molecular formula is C13H27N3. The molecule has 1 heterocycles. The van der Waals surface area contributed by atoms with Gasteiger partial charge in [-0.05, 0) is 37.5 Å². The van der Waals surface area contributed by atoms with E-state index in [-0.39, 0.29) is 0 Å². The molecule has 94 valence electrons. The van der Waals surface area contributed by atoms with Gasteiger partial charge < -0.3 is 10.6 Å². The SMILES string of the molecule is CC(C)CCCN=C(N)N1CCCC(C)C1. The maximum absolute atomic E-state index is 6.00. The molecule has 3 nitrogen and oxygen atoms in total. The molecule has 1 aliphatic rings. The molecule has 0 aliphatic carbocycles. The third-order valence-corrected chi connectivity index (χ3v) is 3.19. The summed E-state index contributed by atoms with van der Waals surface area (Å²) in [5.41, 5.74) is 6.00. The Morgan fingerprint density at radius 1 is 1.50 bits per heavy atom. The van der Waals surface area contributed by atoms with E-state index in [0.29, 0.717) is 0 Å². The molecule has 0 saturated carbocycles. The van der Waals surface area contributed by atoms with Gasteiger partial charge in [-0.15, -0.1) is 0 Å². The highest BCUT2D eigenvalue weighted by atomic mass is 15.3. The summed E-state index contributed by atoms with van der Waals surface area (Å²) in [6.45, 7) is 9.84. The zero-order valence-electron chi connectivity index (χ0n) is 11.1. The zero-order valence-corrected chi connectivity index (χ0v) is 11.1. The van der Waals surface area contributed by atoms with Crippen molar-refractivity contribution in [3.05, 3.63) is 0 Å². The number of rotatable bonds is 4. The molecule has 2 N–H and O–H groups in total. The molecule has 0 spiro atoms. The minimum Gasteiger partial charge on any atom is -0.370 e. The first-order valence-electron chi connectivity index (χ1n) is 6.64. The lowest BCUT2D eigenvalue weighted by atomic mass is 10.0. The van der Waals surface area contributed by atoms with E-state index in [2.05, 4.69) is 30.7 Å². The van der Waals surface area contributed by atoms with Crippen molar-refractivity contribution in [1.82, 2.24) is 4.90 Å². The summed E-state index contributed by atoms with van der Waals surface area (Å²) in [7, 11) is 0. The van der Waals surface area contributed by atoms with Gasteiger partial charge in [0.1, 0.15) is 0 Å². The maximum atomic E-state index is 6.00. The fraction of sp³-hybridized carbons (Fsp3) is 0.923. The number of hydrogen-bond donors (Lipinski definition) is 1. The quantitative estimate of drug-likeness (QED) is 0.454. The van der Waals surface area contributed by atoms with Crippen LogP contribution < -0.4 is 5.73 Å². The Morgan fingerprint density at radius 2 is 2.25 bits per heavy atom. The Bertz CT molecular complexity index is 223. The Hall–Kier alpha value is -0.730. The molecular weight excluding hydrogens is 198 g/mol. The molecule has 0 aromatic heterocycles. The Labute approximate surface area is 100 Å². The lowest BCUT2D eigenvalue weighted by Gasteiger charge is -2.31. The van der Waals surface area contributed by atoms with E-state index in [1.807, 2.05) is 0 Å². The fourth-order valence-corrected chi connectivity index (χ4v) is 2.19. The lowest BCUT2D eigenvalue weighted by molar-refractivity contribution is 0.270. The number of piperidine rings is 1. The molecule has 0 radical (unpaired) electrons. The fourth-order valence-electron chi connectivity index (χ4n) is 2.19. The number of nitrogens with two attached hydrogens (primary N) is 1.